The molecule has 0 aromatic heterocycles. The van der Waals surface area contributed by atoms with Gasteiger partial charge < -0.3 is 5.11 Å². The third-order valence-electron chi connectivity index (χ3n) is 3.24. The Morgan fingerprint density at radius 2 is 1.86 bits per heavy atom. The summed E-state index contributed by atoms with van der Waals surface area (Å²) in [6, 6.07) is 8.63. The predicted octanol–water partition coefficient (Wildman–Crippen LogP) is 3.00. The quantitative estimate of drug-likeness (QED) is 0.851. The number of halogens is 1. The Balaban J connectivity index is 2.06. The lowest BCUT2D eigenvalue weighted by molar-refractivity contribution is 0.0450. The lowest BCUT2D eigenvalue weighted by atomic mass is 9.66. The molecule has 2 rings (SSSR count). The first-order chi connectivity index (χ1) is 6.74. The third-order valence-corrected chi connectivity index (χ3v) is 3.96. The van der Waals surface area contributed by atoms with E-state index in [1.807, 2.05) is 0 Å². The molecule has 2 heteroatoms. The molecular formula is C12H15IO. The average molecular weight is 302 g/mol. The Morgan fingerprint density at radius 1 is 1.21 bits per heavy atom. The summed E-state index contributed by atoms with van der Waals surface area (Å²) >= 11 is 2.32. The Labute approximate surface area is 98.7 Å². The van der Waals surface area contributed by atoms with Gasteiger partial charge in [0.2, 0.25) is 0 Å². The molecule has 1 aromatic rings. The van der Waals surface area contributed by atoms with E-state index in [1.165, 1.54) is 28.4 Å². The lowest BCUT2D eigenvalue weighted by Gasteiger charge is -2.40. The molecule has 1 aliphatic rings. The van der Waals surface area contributed by atoms with E-state index in [4.69, 9.17) is 0 Å². The van der Waals surface area contributed by atoms with E-state index in [-0.39, 0.29) is 5.41 Å². The van der Waals surface area contributed by atoms with Crippen LogP contribution in [0.1, 0.15) is 24.8 Å². The summed E-state index contributed by atoms with van der Waals surface area (Å²) in [4.78, 5) is 0. The van der Waals surface area contributed by atoms with Crippen LogP contribution in [0.5, 0.6) is 0 Å². The predicted molar refractivity (Wildman–Crippen MR) is 66.2 cm³/mol. The maximum atomic E-state index is 9.35. The fourth-order valence-corrected chi connectivity index (χ4v) is 2.46. The Bertz CT molecular complexity index is 295. The van der Waals surface area contributed by atoms with E-state index >= 15 is 0 Å². The highest BCUT2D eigenvalue weighted by molar-refractivity contribution is 14.1. The molecule has 1 saturated carbocycles. The second-order valence-electron chi connectivity index (χ2n) is 4.31. The van der Waals surface area contributed by atoms with Crippen LogP contribution in [-0.4, -0.2) is 11.7 Å². The van der Waals surface area contributed by atoms with Crippen molar-refractivity contribution in [2.45, 2.75) is 25.7 Å². The van der Waals surface area contributed by atoms with E-state index in [9.17, 15) is 5.11 Å². The monoisotopic (exact) mass is 302 g/mol. The van der Waals surface area contributed by atoms with Gasteiger partial charge in [-0.15, -0.1) is 0 Å². The maximum Gasteiger partial charge on any atom is 0.0490 e. The molecule has 1 aromatic carbocycles. The summed E-state index contributed by atoms with van der Waals surface area (Å²) in [5.74, 6) is 0. The van der Waals surface area contributed by atoms with Crippen LogP contribution in [-0.2, 0) is 6.42 Å². The minimum absolute atomic E-state index is 0.215. The number of aliphatic hydroxyl groups excluding tert-OH is 1. The molecule has 1 aliphatic carbocycles. The van der Waals surface area contributed by atoms with Gasteiger partial charge in [0, 0.05) is 10.2 Å². The molecule has 1 N–H and O–H groups in total. The molecule has 1 nitrogen and oxygen atoms in total. The van der Waals surface area contributed by atoms with Crippen LogP contribution in [0.25, 0.3) is 0 Å². The Morgan fingerprint density at radius 3 is 2.29 bits per heavy atom. The van der Waals surface area contributed by atoms with Gasteiger partial charge in [-0.3, -0.25) is 0 Å². The van der Waals surface area contributed by atoms with E-state index in [1.54, 1.807) is 0 Å². The molecule has 14 heavy (non-hydrogen) atoms. The van der Waals surface area contributed by atoms with Crippen molar-refractivity contribution in [3.8, 4) is 0 Å². The second-order valence-corrected chi connectivity index (χ2v) is 5.56. The van der Waals surface area contributed by atoms with Gasteiger partial charge in [0.05, 0.1) is 0 Å². The number of hydrogen-bond acceptors (Lipinski definition) is 1. The summed E-state index contributed by atoms with van der Waals surface area (Å²) in [6.45, 7) is 0.346. The fraction of sp³-hybridized carbons (Fsp3) is 0.500. The molecule has 1 fully saturated rings. The highest BCUT2D eigenvalue weighted by Gasteiger charge is 2.36. The second kappa shape index (κ2) is 4.19. The third kappa shape index (κ3) is 2.11. The van der Waals surface area contributed by atoms with Crippen LogP contribution in [0.3, 0.4) is 0 Å². The fourth-order valence-electron chi connectivity index (χ4n) is 2.10. The first kappa shape index (κ1) is 10.4. The number of benzene rings is 1. The largest absolute Gasteiger partial charge is 0.396 e. The molecule has 0 aliphatic heterocycles. The van der Waals surface area contributed by atoms with Gasteiger partial charge in [-0.05, 0) is 65.0 Å². The van der Waals surface area contributed by atoms with Crippen molar-refractivity contribution in [2.75, 3.05) is 6.61 Å². The van der Waals surface area contributed by atoms with E-state index in [2.05, 4.69) is 46.9 Å². The molecule has 0 amide bonds. The van der Waals surface area contributed by atoms with Gasteiger partial charge in [0.15, 0.2) is 0 Å². The van der Waals surface area contributed by atoms with Gasteiger partial charge in [-0.25, -0.2) is 0 Å². The molecule has 0 bridgehead atoms. The van der Waals surface area contributed by atoms with Crippen molar-refractivity contribution < 1.29 is 5.11 Å². The zero-order valence-corrected chi connectivity index (χ0v) is 10.3. The topological polar surface area (TPSA) is 20.2 Å². The van der Waals surface area contributed by atoms with Gasteiger partial charge >= 0.3 is 0 Å². The summed E-state index contributed by atoms with van der Waals surface area (Å²) in [6.07, 6.45) is 4.70. The molecular weight excluding hydrogens is 287 g/mol. The van der Waals surface area contributed by atoms with Crippen LogP contribution in [0, 0.1) is 8.99 Å². The van der Waals surface area contributed by atoms with Crippen molar-refractivity contribution in [3.63, 3.8) is 0 Å². The van der Waals surface area contributed by atoms with Crippen molar-refractivity contribution in [3.05, 3.63) is 33.4 Å². The molecule has 0 spiro atoms. The molecule has 0 radical (unpaired) electrons. The standard InChI is InChI=1S/C12H15IO/c13-11-4-2-10(3-5-11)8-12(9-14)6-1-7-12/h2-5,14H,1,6-9H2. The average Bonchev–Trinajstić information content (AvgIpc) is 2.15. The minimum atomic E-state index is 0.215. The summed E-state index contributed by atoms with van der Waals surface area (Å²) < 4.78 is 1.28. The SMILES string of the molecule is OCC1(Cc2ccc(I)cc2)CCC1. The van der Waals surface area contributed by atoms with Crippen LogP contribution in [0.4, 0.5) is 0 Å². The molecule has 0 saturated heterocycles. The van der Waals surface area contributed by atoms with Gasteiger partial charge in [-0.1, -0.05) is 18.6 Å². The van der Waals surface area contributed by atoms with E-state index < -0.39 is 0 Å². The molecule has 0 unspecified atom stereocenters. The van der Waals surface area contributed by atoms with Crippen LogP contribution >= 0.6 is 22.6 Å². The zero-order chi connectivity index (χ0) is 10.0. The first-order valence-electron chi connectivity index (χ1n) is 5.09. The smallest absolute Gasteiger partial charge is 0.0490 e. The summed E-state index contributed by atoms with van der Waals surface area (Å²) in [7, 11) is 0. The number of rotatable bonds is 3. The van der Waals surface area contributed by atoms with Crippen LogP contribution in [0.15, 0.2) is 24.3 Å². The van der Waals surface area contributed by atoms with Crippen LogP contribution in [0.2, 0.25) is 0 Å². The highest BCUT2D eigenvalue weighted by atomic mass is 127. The van der Waals surface area contributed by atoms with Crippen molar-refractivity contribution >= 4 is 22.6 Å². The highest BCUT2D eigenvalue weighted by Crippen LogP contribution is 2.43. The first-order valence-corrected chi connectivity index (χ1v) is 6.17. The normalized spacial score (nSPS) is 19.0. The minimum Gasteiger partial charge on any atom is -0.396 e. The van der Waals surface area contributed by atoms with Gasteiger partial charge in [0.25, 0.3) is 0 Å². The van der Waals surface area contributed by atoms with Crippen molar-refractivity contribution in [1.29, 1.82) is 0 Å². The number of hydrogen-bond donors (Lipinski definition) is 1. The van der Waals surface area contributed by atoms with E-state index in [0.717, 1.165) is 6.42 Å². The molecule has 0 heterocycles. The van der Waals surface area contributed by atoms with Gasteiger partial charge in [0.1, 0.15) is 0 Å². The Hall–Kier alpha value is -0.0900. The zero-order valence-electron chi connectivity index (χ0n) is 8.17. The van der Waals surface area contributed by atoms with Crippen molar-refractivity contribution in [1.82, 2.24) is 0 Å². The summed E-state index contributed by atoms with van der Waals surface area (Å²) in [5, 5.41) is 9.35. The van der Waals surface area contributed by atoms with Gasteiger partial charge in [-0.2, -0.15) is 0 Å². The maximum absolute atomic E-state index is 9.35. The molecule has 76 valence electrons. The van der Waals surface area contributed by atoms with Crippen molar-refractivity contribution in [2.24, 2.45) is 5.41 Å². The lowest BCUT2D eigenvalue weighted by Crippen LogP contribution is -2.35. The van der Waals surface area contributed by atoms with E-state index in [0.29, 0.717) is 6.61 Å². The molecule has 0 atom stereocenters. The summed E-state index contributed by atoms with van der Waals surface area (Å²) in [5.41, 5.74) is 1.58. The van der Waals surface area contributed by atoms with Crippen LogP contribution < -0.4 is 0 Å². The Kier molecular flexibility index (Phi) is 3.12. The number of aliphatic hydroxyl groups is 1.